The van der Waals surface area contributed by atoms with Gasteiger partial charge in [-0.2, -0.15) is 0 Å². The van der Waals surface area contributed by atoms with Crippen molar-refractivity contribution in [2.75, 3.05) is 0 Å². The second-order valence-electron chi connectivity index (χ2n) is 3.93. The Hall–Kier alpha value is -2.24. The number of amides is 1. The average Bonchev–Trinajstić information content (AvgIpc) is 2.82. The van der Waals surface area contributed by atoms with Gasteiger partial charge < -0.3 is 5.32 Å². The van der Waals surface area contributed by atoms with Crippen molar-refractivity contribution >= 4 is 5.91 Å². The van der Waals surface area contributed by atoms with Crippen molar-refractivity contribution in [3.8, 4) is 5.69 Å². The lowest BCUT2D eigenvalue weighted by Crippen LogP contribution is -2.30. The Morgan fingerprint density at radius 2 is 2.24 bits per heavy atom. The van der Waals surface area contributed by atoms with Crippen LogP contribution in [0.4, 0.5) is 0 Å². The molecule has 1 N–H and O–H groups in total. The number of nitrogens with one attached hydrogen (secondary N) is 1. The van der Waals surface area contributed by atoms with Crippen LogP contribution in [-0.4, -0.2) is 32.2 Å². The highest BCUT2D eigenvalue weighted by atomic mass is 16.1. The molecule has 0 atom stereocenters. The fourth-order valence-electron chi connectivity index (χ4n) is 1.41. The number of hydrogen-bond donors (Lipinski definition) is 1. The molecule has 0 bridgehead atoms. The average molecular weight is 231 g/mol. The van der Waals surface area contributed by atoms with E-state index in [0.717, 1.165) is 5.69 Å². The molecule has 0 radical (unpaired) electrons. The van der Waals surface area contributed by atoms with Crippen LogP contribution in [0.3, 0.4) is 0 Å². The van der Waals surface area contributed by atoms with E-state index in [-0.39, 0.29) is 11.9 Å². The first kappa shape index (κ1) is 11.3. The van der Waals surface area contributed by atoms with Crippen molar-refractivity contribution in [3.63, 3.8) is 0 Å². The van der Waals surface area contributed by atoms with Gasteiger partial charge in [0.25, 0.3) is 5.91 Å². The Bertz CT molecular complexity index is 506. The van der Waals surface area contributed by atoms with Crippen molar-refractivity contribution in [3.05, 3.63) is 36.2 Å². The number of benzene rings is 1. The largest absolute Gasteiger partial charge is 0.350 e. The molecular formula is C11H13N5O. The molecule has 0 aliphatic rings. The zero-order valence-corrected chi connectivity index (χ0v) is 9.66. The summed E-state index contributed by atoms with van der Waals surface area (Å²) in [6.07, 6.45) is 1.49. The van der Waals surface area contributed by atoms with Gasteiger partial charge >= 0.3 is 0 Å². The van der Waals surface area contributed by atoms with Crippen LogP contribution in [0.25, 0.3) is 5.69 Å². The molecule has 6 nitrogen and oxygen atoms in total. The number of rotatable bonds is 3. The Balaban J connectivity index is 2.26. The maximum absolute atomic E-state index is 11.8. The van der Waals surface area contributed by atoms with Crippen LogP contribution in [0.1, 0.15) is 24.2 Å². The second kappa shape index (κ2) is 4.73. The number of nitrogens with zero attached hydrogens (tertiary/aromatic N) is 4. The molecule has 2 rings (SSSR count). The van der Waals surface area contributed by atoms with E-state index in [0.29, 0.717) is 5.56 Å². The summed E-state index contributed by atoms with van der Waals surface area (Å²) in [5.41, 5.74) is 1.35. The summed E-state index contributed by atoms with van der Waals surface area (Å²) < 4.78 is 1.51. The summed E-state index contributed by atoms with van der Waals surface area (Å²) in [5, 5.41) is 13.7. The van der Waals surface area contributed by atoms with Crippen LogP contribution in [0.15, 0.2) is 30.6 Å². The van der Waals surface area contributed by atoms with Gasteiger partial charge in [0, 0.05) is 11.6 Å². The first-order chi connectivity index (χ1) is 8.16. The van der Waals surface area contributed by atoms with Gasteiger partial charge in [0.2, 0.25) is 0 Å². The monoisotopic (exact) mass is 231 g/mol. The maximum atomic E-state index is 11.8. The zero-order chi connectivity index (χ0) is 12.3. The van der Waals surface area contributed by atoms with Crippen molar-refractivity contribution in [1.82, 2.24) is 25.5 Å². The minimum Gasteiger partial charge on any atom is -0.350 e. The lowest BCUT2D eigenvalue weighted by Gasteiger charge is -2.09. The van der Waals surface area contributed by atoms with Crippen molar-refractivity contribution < 1.29 is 4.79 Å². The Kier molecular flexibility index (Phi) is 3.13. The quantitative estimate of drug-likeness (QED) is 0.848. The van der Waals surface area contributed by atoms with Crippen LogP contribution in [0.5, 0.6) is 0 Å². The van der Waals surface area contributed by atoms with Gasteiger partial charge in [-0.1, -0.05) is 6.07 Å². The Labute approximate surface area is 98.6 Å². The summed E-state index contributed by atoms with van der Waals surface area (Å²) in [7, 11) is 0. The molecule has 1 aromatic carbocycles. The smallest absolute Gasteiger partial charge is 0.251 e. The van der Waals surface area contributed by atoms with Gasteiger partial charge in [-0.05, 0) is 42.5 Å². The van der Waals surface area contributed by atoms with Crippen molar-refractivity contribution in [2.24, 2.45) is 0 Å². The fourth-order valence-corrected chi connectivity index (χ4v) is 1.41. The van der Waals surface area contributed by atoms with Gasteiger partial charge in [-0.15, -0.1) is 5.10 Å². The van der Waals surface area contributed by atoms with Gasteiger partial charge in [0.05, 0.1) is 5.69 Å². The molecule has 2 aromatic rings. The minimum absolute atomic E-state index is 0.102. The SMILES string of the molecule is CC(C)NC(=O)c1cccc(-n2cnnn2)c1. The topological polar surface area (TPSA) is 72.7 Å². The van der Waals surface area contributed by atoms with Gasteiger partial charge in [0.15, 0.2) is 0 Å². The highest BCUT2D eigenvalue weighted by molar-refractivity contribution is 5.94. The molecule has 0 saturated carbocycles. The molecule has 0 aliphatic carbocycles. The fraction of sp³-hybridized carbons (Fsp3) is 0.273. The van der Waals surface area contributed by atoms with E-state index in [9.17, 15) is 4.79 Å². The highest BCUT2D eigenvalue weighted by Crippen LogP contribution is 2.08. The molecule has 1 amide bonds. The molecule has 17 heavy (non-hydrogen) atoms. The van der Waals surface area contributed by atoms with Gasteiger partial charge in [-0.3, -0.25) is 4.79 Å². The molecule has 0 aliphatic heterocycles. The zero-order valence-electron chi connectivity index (χ0n) is 9.66. The predicted octanol–water partition coefficient (Wildman–Crippen LogP) is 0.800. The van der Waals surface area contributed by atoms with E-state index in [1.807, 2.05) is 19.9 Å². The molecule has 88 valence electrons. The molecule has 0 fully saturated rings. The highest BCUT2D eigenvalue weighted by Gasteiger charge is 2.08. The molecule has 0 spiro atoms. The standard InChI is InChI=1S/C11H13N5O/c1-8(2)13-11(17)9-4-3-5-10(6-9)16-7-12-14-15-16/h3-8H,1-2H3,(H,13,17). The van der Waals surface area contributed by atoms with E-state index < -0.39 is 0 Å². The van der Waals surface area contributed by atoms with E-state index in [1.165, 1.54) is 11.0 Å². The van der Waals surface area contributed by atoms with Gasteiger partial charge in [0.1, 0.15) is 6.33 Å². The third-order valence-corrected chi connectivity index (χ3v) is 2.14. The third kappa shape index (κ3) is 2.66. The van der Waals surface area contributed by atoms with Crippen LogP contribution in [-0.2, 0) is 0 Å². The maximum Gasteiger partial charge on any atom is 0.251 e. The summed E-state index contributed by atoms with van der Waals surface area (Å²) in [5.74, 6) is -0.102. The number of tetrazole rings is 1. The third-order valence-electron chi connectivity index (χ3n) is 2.14. The lowest BCUT2D eigenvalue weighted by molar-refractivity contribution is 0.0943. The van der Waals surface area contributed by atoms with Crippen molar-refractivity contribution in [2.45, 2.75) is 19.9 Å². The minimum atomic E-state index is -0.102. The number of carbonyl (C=O) groups excluding carboxylic acids is 1. The summed E-state index contributed by atoms with van der Waals surface area (Å²) in [6.45, 7) is 3.84. The molecule has 1 aromatic heterocycles. The van der Waals surface area contributed by atoms with E-state index in [4.69, 9.17) is 0 Å². The van der Waals surface area contributed by atoms with E-state index >= 15 is 0 Å². The van der Waals surface area contributed by atoms with Crippen molar-refractivity contribution in [1.29, 1.82) is 0 Å². The molecular weight excluding hydrogens is 218 g/mol. The Morgan fingerprint density at radius 3 is 2.88 bits per heavy atom. The number of aromatic nitrogens is 4. The van der Waals surface area contributed by atoms with E-state index in [2.05, 4.69) is 20.8 Å². The van der Waals surface area contributed by atoms with Crippen LogP contribution in [0.2, 0.25) is 0 Å². The van der Waals surface area contributed by atoms with Crippen LogP contribution in [0, 0.1) is 0 Å². The van der Waals surface area contributed by atoms with E-state index in [1.54, 1.807) is 18.2 Å². The molecule has 1 heterocycles. The van der Waals surface area contributed by atoms with Gasteiger partial charge in [-0.25, -0.2) is 4.68 Å². The van der Waals surface area contributed by atoms with Crippen LogP contribution < -0.4 is 5.32 Å². The van der Waals surface area contributed by atoms with Crippen LogP contribution >= 0.6 is 0 Å². The number of hydrogen-bond acceptors (Lipinski definition) is 4. The lowest BCUT2D eigenvalue weighted by atomic mass is 10.2. The molecule has 6 heteroatoms. The first-order valence-electron chi connectivity index (χ1n) is 5.31. The molecule has 0 saturated heterocycles. The molecule has 0 unspecified atom stereocenters. The summed E-state index contributed by atoms with van der Waals surface area (Å²) in [6, 6.07) is 7.24. The first-order valence-corrected chi connectivity index (χ1v) is 5.31. The number of carbonyl (C=O) groups is 1. The second-order valence-corrected chi connectivity index (χ2v) is 3.93. The predicted molar refractivity (Wildman–Crippen MR) is 61.8 cm³/mol. The summed E-state index contributed by atoms with van der Waals surface area (Å²) in [4.78, 5) is 11.8. The summed E-state index contributed by atoms with van der Waals surface area (Å²) >= 11 is 0. The Morgan fingerprint density at radius 1 is 1.41 bits per heavy atom. The normalized spacial score (nSPS) is 10.5.